The third kappa shape index (κ3) is 5.72. The largest absolute Gasteiger partial charge is 0.416 e. The Labute approximate surface area is 246 Å². The van der Waals surface area contributed by atoms with Crippen molar-refractivity contribution in [3.05, 3.63) is 105 Å². The number of hydrogen-bond donors (Lipinski definition) is 2. The van der Waals surface area contributed by atoms with E-state index in [1.54, 1.807) is 29.1 Å². The van der Waals surface area contributed by atoms with Crippen LogP contribution in [0.3, 0.4) is 0 Å². The third-order valence-corrected chi connectivity index (χ3v) is 7.80. The summed E-state index contributed by atoms with van der Waals surface area (Å²) in [6.45, 7) is 1.73. The molecule has 0 aliphatic carbocycles. The Balaban J connectivity index is 1.47. The quantitative estimate of drug-likeness (QED) is 0.239. The fourth-order valence-corrected chi connectivity index (χ4v) is 5.65. The maximum atomic E-state index is 14.3. The van der Waals surface area contributed by atoms with Gasteiger partial charge in [-0.15, -0.1) is 0 Å². The van der Waals surface area contributed by atoms with Crippen molar-refractivity contribution in [3.8, 4) is 11.3 Å². The molecule has 0 radical (unpaired) electrons. The first kappa shape index (κ1) is 28.8. The number of aromatic nitrogens is 2. The molecule has 2 atom stereocenters. The second-order valence-electron chi connectivity index (χ2n) is 10.4. The van der Waals surface area contributed by atoms with Crippen molar-refractivity contribution in [1.29, 1.82) is 0 Å². The summed E-state index contributed by atoms with van der Waals surface area (Å²) < 4.78 is 75.7. The van der Waals surface area contributed by atoms with Gasteiger partial charge in [0.25, 0.3) is 11.8 Å². The van der Waals surface area contributed by atoms with E-state index in [1.807, 2.05) is 0 Å². The molecular formula is C30H22ClF5N4O3. The summed E-state index contributed by atoms with van der Waals surface area (Å²) in [5.74, 6) is -3.25. The number of anilines is 1. The van der Waals surface area contributed by atoms with E-state index < -0.39 is 46.8 Å². The minimum atomic E-state index is -4.89. The van der Waals surface area contributed by atoms with Crippen LogP contribution in [0.25, 0.3) is 11.3 Å². The minimum Gasteiger partial charge on any atom is -0.381 e. The van der Waals surface area contributed by atoms with Crippen molar-refractivity contribution in [1.82, 2.24) is 15.1 Å². The van der Waals surface area contributed by atoms with Crippen LogP contribution in [0.2, 0.25) is 5.02 Å². The highest BCUT2D eigenvalue weighted by Gasteiger charge is 2.36. The number of alkyl halides is 3. The zero-order valence-corrected chi connectivity index (χ0v) is 22.9. The molecule has 4 aromatic rings. The molecule has 3 aromatic carbocycles. The fourth-order valence-electron chi connectivity index (χ4n) is 5.43. The molecule has 0 bridgehead atoms. The number of rotatable bonds is 6. The number of nitrogens with one attached hydrogen (secondary N) is 2. The topological polar surface area (TPSA) is 85.2 Å². The van der Waals surface area contributed by atoms with E-state index in [1.165, 1.54) is 6.07 Å². The predicted molar refractivity (Wildman–Crippen MR) is 147 cm³/mol. The van der Waals surface area contributed by atoms with Gasteiger partial charge in [0, 0.05) is 63.8 Å². The molecule has 3 heterocycles. The minimum absolute atomic E-state index is 0.0379. The lowest BCUT2D eigenvalue weighted by molar-refractivity contribution is -0.137. The molecule has 6 rings (SSSR count). The molecule has 0 saturated carbocycles. The number of nitrogens with zero attached hydrogens (tertiary/aromatic N) is 2. The van der Waals surface area contributed by atoms with Crippen molar-refractivity contribution in [2.75, 3.05) is 18.5 Å². The Hall–Kier alpha value is -4.29. The molecule has 222 valence electrons. The highest BCUT2D eigenvalue weighted by atomic mass is 35.5. The van der Waals surface area contributed by atoms with Crippen LogP contribution in [0.4, 0.5) is 27.6 Å². The summed E-state index contributed by atoms with van der Waals surface area (Å²) in [4.78, 5) is 26.6. The smallest absolute Gasteiger partial charge is 0.381 e. The van der Waals surface area contributed by atoms with Crippen molar-refractivity contribution in [2.24, 2.45) is 5.92 Å². The summed E-state index contributed by atoms with van der Waals surface area (Å²) in [7, 11) is 0. The van der Waals surface area contributed by atoms with Crippen LogP contribution >= 0.6 is 11.6 Å². The summed E-state index contributed by atoms with van der Waals surface area (Å²) in [5.41, 5.74) is -0.253. The third-order valence-electron chi connectivity index (χ3n) is 7.46. The maximum absolute atomic E-state index is 14.3. The Kier molecular flexibility index (Phi) is 7.43. The van der Waals surface area contributed by atoms with Gasteiger partial charge in [0.05, 0.1) is 23.9 Å². The van der Waals surface area contributed by atoms with Crippen LogP contribution in [0.5, 0.6) is 0 Å². The molecule has 7 nitrogen and oxygen atoms in total. The van der Waals surface area contributed by atoms with E-state index in [2.05, 4.69) is 15.7 Å². The molecule has 2 amide bonds. The molecule has 13 heteroatoms. The monoisotopic (exact) mass is 616 g/mol. The van der Waals surface area contributed by atoms with Crippen LogP contribution < -0.4 is 10.6 Å². The van der Waals surface area contributed by atoms with Gasteiger partial charge in [-0.05, 0) is 61.0 Å². The number of carbonyl (C=O) groups excluding carboxylic acids is 2. The number of benzene rings is 3. The molecule has 2 aliphatic heterocycles. The number of hydrogen-bond acceptors (Lipinski definition) is 4. The first-order valence-corrected chi connectivity index (χ1v) is 13.6. The second kappa shape index (κ2) is 11.1. The lowest BCUT2D eigenvalue weighted by Crippen LogP contribution is -2.21. The van der Waals surface area contributed by atoms with Gasteiger partial charge < -0.3 is 15.4 Å². The van der Waals surface area contributed by atoms with Gasteiger partial charge in [-0.2, -0.15) is 18.3 Å². The van der Waals surface area contributed by atoms with Gasteiger partial charge in [0.2, 0.25) is 0 Å². The molecule has 0 spiro atoms. The SMILES string of the molecule is O=C(Nc1cc(-c2ccnn2C[C@@H]2CCOC2)cc2c1C(c1cc(F)ccc1Cl)NC2=O)c1cc(F)cc(C(F)(F)F)c1. The van der Waals surface area contributed by atoms with E-state index in [9.17, 15) is 31.5 Å². The van der Waals surface area contributed by atoms with Crippen LogP contribution in [0, 0.1) is 17.6 Å². The van der Waals surface area contributed by atoms with Gasteiger partial charge in [-0.1, -0.05) is 11.6 Å². The van der Waals surface area contributed by atoms with Crippen LogP contribution in [0.1, 0.15) is 49.9 Å². The fraction of sp³-hybridized carbons (Fsp3) is 0.233. The van der Waals surface area contributed by atoms with Crippen molar-refractivity contribution in [3.63, 3.8) is 0 Å². The van der Waals surface area contributed by atoms with Crippen molar-refractivity contribution in [2.45, 2.75) is 25.2 Å². The van der Waals surface area contributed by atoms with E-state index in [0.29, 0.717) is 43.1 Å². The zero-order chi connectivity index (χ0) is 30.5. The normalized spacial score (nSPS) is 18.0. The summed E-state index contributed by atoms with van der Waals surface area (Å²) in [5, 5.41) is 9.85. The summed E-state index contributed by atoms with van der Waals surface area (Å²) >= 11 is 6.36. The molecule has 1 fully saturated rings. The molecule has 2 N–H and O–H groups in total. The highest BCUT2D eigenvalue weighted by Crippen LogP contribution is 2.42. The van der Waals surface area contributed by atoms with E-state index in [-0.39, 0.29) is 39.4 Å². The first-order chi connectivity index (χ1) is 20.5. The molecule has 1 saturated heterocycles. The number of carbonyl (C=O) groups is 2. The molecule has 2 aliphatic rings. The highest BCUT2D eigenvalue weighted by molar-refractivity contribution is 6.31. The van der Waals surface area contributed by atoms with Gasteiger partial charge in [-0.3, -0.25) is 14.3 Å². The van der Waals surface area contributed by atoms with Crippen LogP contribution in [-0.2, 0) is 17.5 Å². The molecule has 1 aromatic heterocycles. The van der Waals surface area contributed by atoms with Crippen LogP contribution in [-0.4, -0.2) is 34.8 Å². The number of fused-ring (bicyclic) bond motifs is 1. The van der Waals surface area contributed by atoms with Crippen molar-refractivity contribution >= 4 is 29.1 Å². The number of halogens is 6. The van der Waals surface area contributed by atoms with Gasteiger partial charge >= 0.3 is 6.18 Å². The van der Waals surface area contributed by atoms with Gasteiger partial charge in [0.1, 0.15) is 11.6 Å². The Morgan fingerprint density at radius 3 is 2.65 bits per heavy atom. The van der Waals surface area contributed by atoms with Gasteiger partial charge in [0.15, 0.2) is 0 Å². The lowest BCUT2D eigenvalue weighted by atomic mass is 9.93. The van der Waals surface area contributed by atoms with Crippen LogP contribution in [0.15, 0.2) is 60.8 Å². The maximum Gasteiger partial charge on any atom is 0.416 e. The summed E-state index contributed by atoms with van der Waals surface area (Å²) in [6.07, 6.45) is -2.47. The Bertz CT molecular complexity index is 1750. The average Bonchev–Trinajstić information content (AvgIpc) is 3.71. The predicted octanol–water partition coefficient (Wildman–Crippen LogP) is 6.62. The molecular weight excluding hydrogens is 595 g/mol. The second-order valence-corrected chi connectivity index (χ2v) is 10.8. The number of ether oxygens (including phenoxy) is 1. The average molecular weight is 617 g/mol. The van der Waals surface area contributed by atoms with Crippen molar-refractivity contribution < 1.29 is 36.3 Å². The molecule has 43 heavy (non-hydrogen) atoms. The zero-order valence-electron chi connectivity index (χ0n) is 22.1. The standard InChI is InChI=1S/C30H22ClF5N4O3/c31-23-2-1-19(32)12-21(23)27-26-22(29(42)39-27)9-16(25-3-5-37-40(25)13-15-4-6-43-14-15)10-24(26)38-28(41)17-7-18(30(34,35)36)11-20(33)8-17/h1-3,5,7-12,15,27H,4,6,13-14H2,(H,38,41)(H,39,42)/t15-,27?/m0/s1. The van der Waals surface area contributed by atoms with E-state index >= 15 is 0 Å². The first-order valence-electron chi connectivity index (χ1n) is 13.2. The number of amides is 2. The Morgan fingerprint density at radius 1 is 1.09 bits per heavy atom. The van der Waals surface area contributed by atoms with E-state index in [4.69, 9.17) is 16.3 Å². The lowest BCUT2D eigenvalue weighted by Gasteiger charge is -2.19. The summed E-state index contributed by atoms with van der Waals surface area (Å²) in [6, 6.07) is 8.96. The van der Waals surface area contributed by atoms with Gasteiger partial charge in [-0.25, -0.2) is 8.78 Å². The molecule has 1 unspecified atom stereocenters. The van der Waals surface area contributed by atoms with E-state index in [0.717, 1.165) is 18.6 Å². The Morgan fingerprint density at radius 2 is 1.91 bits per heavy atom.